The smallest absolute Gasteiger partial charge is 0.231 e. The summed E-state index contributed by atoms with van der Waals surface area (Å²) in [5.41, 5.74) is 0.963. The van der Waals surface area contributed by atoms with E-state index in [0.29, 0.717) is 12.0 Å². The second-order valence-electron chi connectivity index (χ2n) is 7.90. The van der Waals surface area contributed by atoms with Gasteiger partial charge in [-0.2, -0.15) is 5.10 Å². The van der Waals surface area contributed by atoms with E-state index < -0.39 is 0 Å². The normalized spacial score (nSPS) is 22.6. The molecule has 2 aromatic rings. The van der Waals surface area contributed by atoms with Gasteiger partial charge in [-0.05, 0) is 38.8 Å². The number of morpholine rings is 1. The van der Waals surface area contributed by atoms with Crippen molar-refractivity contribution in [3.8, 4) is 17.2 Å². The third-order valence-corrected chi connectivity index (χ3v) is 5.54. The highest BCUT2D eigenvalue weighted by Crippen LogP contribution is 2.39. The van der Waals surface area contributed by atoms with Gasteiger partial charge in [0.2, 0.25) is 6.79 Å². The fourth-order valence-electron chi connectivity index (χ4n) is 3.77. The molecule has 1 aliphatic carbocycles. The zero-order valence-electron chi connectivity index (χ0n) is 15.9. The van der Waals surface area contributed by atoms with Crippen molar-refractivity contribution in [1.82, 2.24) is 19.7 Å². The van der Waals surface area contributed by atoms with Gasteiger partial charge in [-0.1, -0.05) is 0 Å². The molecular weight excluding hydrogens is 344 g/mol. The number of nitrogens with zero attached hydrogens (tertiary/aromatic N) is 4. The number of fused-ring (bicyclic) bond motifs is 1. The predicted octanol–water partition coefficient (Wildman–Crippen LogP) is 2.53. The van der Waals surface area contributed by atoms with E-state index in [1.807, 2.05) is 22.9 Å². The Kier molecular flexibility index (Phi) is 4.28. The Labute approximate surface area is 159 Å². The van der Waals surface area contributed by atoms with Crippen molar-refractivity contribution in [3.63, 3.8) is 0 Å². The molecule has 2 aliphatic heterocycles. The fourth-order valence-corrected chi connectivity index (χ4v) is 3.77. The average Bonchev–Trinajstić information content (AvgIpc) is 3.27. The first-order valence-electron chi connectivity index (χ1n) is 9.89. The van der Waals surface area contributed by atoms with Crippen molar-refractivity contribution in [2.75, 3.05) is 26.5 Å². The summed E-state index contributed by atoms with van der Waals surface area (Å²) >= 11 is 0. The Morgan fingerprint density at radius 1 is 1.19 bits per heavy atom. The molecule has 0 N–H and O–H groups in total. The van der Waals surface area contributed by atoms with Crippen molar-refractivity contribution < 1.29 is 14.2 Å². The minimum atomic E-state index is 0.144. The zero-order chi connectivity index (χ0) is 18.4. The number of rotatable bonds is 5. The Hall–Kier alpha value is -2.12. The van der Waals surface area contributed by atoms with Gasteiger partial charge in [0.25, 0.3) is 0 Å². The summed E-state index contributed by atoms with van der Waals surface area (Å²) < 4.78 is 19.0. The Bertz CT molecular complexity index is 831. The maximum atomic E-state index is 6.05. The lowest BCUT2D eigenvalue weighted by Crippen LogP contribution is -2.46. The first-order chi connectivity index (χ1) is 13.2. The highest BCUT2D eigenvalue weighted by molar-refractivity contribution is 5.50. The monoisotopic (exact) mass is 370 g/mol. The van der Waals surface area contributed by atoms with E-state index in [1.165, 1.54) is 12.8 Å². The van der Waals surface area contributed by atoms with E-state index in [-0.39, 0.29) is 12.9 Å². The van der Waals surface area contributed by atoms with Gasteiger partial charge in [0, 0.05) is 37.5 Å². The summed E-state index contributed by atoms with van der Waals surface area (Å²) in [5.74, 6) is 3.98. The Morgan fingerprint density at radius 3 is 2.85 bits per heavy atom. The predicted molar refractivity (Wildman–Crippen MR) is 99.6 cm³/mol. The molecule has 1 saturated carbocycles. The molecule has 0 unspecified atom stereocenters. The third kappa shape index (κ3) is 3.41. The average molecular weight is 370 g/mol. The van der Waals surface area contributed by atoms with Crippen molar-refractivity contribution in [3.05, 3.63) is 29.8 Å². The molecule has 1 saturated heterocycles. The van der Waals surface area contributed by atoms with Crippen molar-refractivity contribution >= 4 is 0 Å². The maximum Gasteiger partial charge on any atom is 0.231 e. The molecule has 144 valence electrons. The van der Waals surface area contributed by atoms with E-state index in [9.17, 15) is 0 Å². The number of hydrogen-bond acceptors (Lipinski definition) is 6. The molecule has 3 aliphatic rings. The summed E-state index contributed by atoms with van der Waals surface area (Å²) in [6, 6.07) is 6.48. The van der Waals surface area contributed by atoms with Crippen molar-refractivity contribution in [2.24, 2.45) is 0 Å². The summed E-state index contributed by atoms with van der Waals surface area (Å²) in [5, 5.41) is 4.83. The lowest BCUT2D eigenvalue weighted by atomic mass is 10.1. The molecule has 0 spiro atoms. The van der Waals surface area contributed by atoms with Gasteiger partial charge in [0.1, 0.15) is 5.82 Å². The molecular formula is C20H26N4O3. The van der Waals surface area contributed by atoms with Crippen molar-refractivity contribution in [2.45, 2.75) is 51.2 Å². The highest BCUT2D eigenvalue weighted by atomic mass is 16.7. The summed E-state index contributed by atoms with van der Waals surface area (Å²) in [4.78, 5) is 7.36. The van der Waals surface area contributed by atoms with E-state index in [4.69, 9.17) is 24.3 Å². The number of hydrogen-bond donors (Lipinski definition) is 0. The SMILES string of the molecule is CC(C)N1CCO[C@@H](Cc2nc(C3CC3)nn2-c2ccc3c(c2)OCO3)C1. The molecule has 0 bridgehead atoms. The Balaban J connectivity index is 1.43. The minimum Gasteiger partial charge on any atom is -0.454 e. The van der Waals surface area contributed by atoms with Crippen LogP contribution in [-0.4, -0.2) is 58.3 Å². The van der Waals surface area contributed by atoms with Crippen LogP contribution in [0.1, 0.15) is 44.3 Å². The van der Waals surface area contributed by atoms with Crippen LogP contribution in [0.3, 0.4) is 0 Å². The molecule has 7 heteroatoms. The zero-order valence-corrected chi connectivity index (χ0v) is 15.9. The van der Waals surface area contributed by atoms with E-state index in [1.54, 1.807) is 0 Å². The summed E-state index contributed by atoms with van der Waals surface area (Å²) in [6.45, 7) is 7.46. The second kappa shape index (κ2) is 6.80. The van der Waals surface area contributed by atoms with Crippen LogP contribution in [0.15, 0.2) is 18.2 Å². The van der Waals surface area contributed by atoms with Crippen LogP contribution in [0, 0.1) is 0 Å². The van der Waals surface area contributed by atoms with Gasteiger partial charge in [0.15, 0.2) is 17.3 Å². The van der Waals surface area contributed by atoms with Crippen molar-refractivity contribution in [1.29, 1.82) is 0 Å². The summed E-state index contributed by atoms with van der Waals surface area (Å²) in [7, 11) is 0. The molecule has 0 amide bonds. The van der Waals surface area contributed by atoms with E-state index in [0.717, 1.165) is 55.0 Å². The van der Waals surface area contributed by atoms with Crippen LogP contribution in [0.5, 0.6) is 11.5 Å². The highest BCUT2D eigenvalue weighted by Gasteiger charge is 2.31. The summed E-state index contributed by atoms with van der Waals surface area (Å²) in [6.07, 6.45) is 3.28. The lowest BCUT2D eigenvalue weighted by Gasteiger charge is -2.35. The van der Waals surface area contributed by atoms with Crippen LogP contribution in [0.4, 0.5) is 0 Å². The molecule has 7 nitrogen and oxygen atoms in total. The van der Waals surface area contributed by atoms with Gasteiger partial charge in [-0.15, -0.1) is 0 Å². The van der Waals surface area contributed by atoms with E-state index >= 15 is 0 Å². The van der Waals surface area contributed by atoms with Crippen LogP contribution < -0.4 is 9.47 Å². The molecule has 1 atom stereocenters. The van der Waals surface area contributed by atoms with Crippen LogP contribution in [0.25, 0.3) is 5.69 Å². The maximum absolute atomic E-state index is 6.05. The Morgan fingerprint density at radius 2 is 2.04 bits per heavy atom. The fraction of sp³-hybridized carbons (Fsp3) is 0.600. The minimum absolute atomic E-state index is 0.144. The number of ether oxygens (including phenoxy) is 3. The molecule has 5 rings (SSSR count). The second-order valence-corrected chi connectivity index (χ2v) is 7.90. The van der Waals surface area contributed by atoms with Gasteiger partial charge in [-0.25, -0.2) is 9.67 Å². The van der Waals surface area contributed by atoms with Gasteiger partial charge < -0.3 is 14.2 Å². The first kappa shape index (κ1) is 17.0. The molecule has 27 heavy (non-hydrogen) atoms. The standard InChI is InChI=1S/C20H26N4O3/c1-13(2)23-7-8-25-16(11-23)10-19-21-20(14-3-4-14)22-24(19)15-5-6-17-18(9-15)27-12-26-17/h5-6,9,13-14,16H,3-4,7-8,10-12H2,1-2H3/t16-/m0/s1. The number of benzene rings is 1. The molecule has 1 aromatic heterocycles. The largest absolute Gasteiger partial charge is 0.454 e. The van der Waals surface area contributed by atoms with E-state index in [2.05, 4.69) is 18.7 Å². The number of aromatic nitrogens is 3. The quantitative estimate of drug-likeness (QED) is 0.806. The topological polar surface area (TPSA) is 61.6 Å². The third-order valence-electron chi connectivity index (χ3n) is 5.54. The van der Waals surface area contributed by atoms with Gasteiger partial charge >= 0.3 is 0 Å². The molecule has 2 fully saturated rings. The van der Waals surface area contributed by atoms with Crippen LogP contribution in [0.2, 0.25) is 0 Å². The molecule has 0 radical (unpaired) electrons. The van der Waals surface area contributed by atoms with Gasteiger partial charge in [-0.3, -0.25) is 4.90 Å². The molecule has 3 heterocycles. The lowest BCUT2D eigenvalue weighted by molar-refractivity contribution is -0.0387. The first-order valence-corrected chi connectivity index (χ1v) is 9.89. The van der Waals surface area contributed by atoms with Gasteiger partial charge in [0.05, 0.1) is 18.4 Å². The van der Waals surface area contributed by atoms with Crippen LogP contribution in [-0.2, 0) is 11.2 Å². The molecule has 1 aromatic carbocycles. The van der Waals surface area contributed by atoms with Crippen LogP contribution >= 0.6 is 0 Å².